The van der Waals surface area contributed by atoms with Gasteiger partial charge in [0.15, 0.2) is 0 Å². The average molecular weight is 350 g/mol. The summed E-state index contributed by atoms with van der Waals surface area (Å²) >= 11 is 3.44. The molecule has 1 N–H and O–H groups in total. The largest absolute Gasteiger partial charge is 0.496 e. The van der Waals surface area contributed by atoms with Gasteiger partial charge in [0.25, 0.3) is 0 Å². The molecular formula is C17H17BrFNO. The summed E-state index contributed by atoms with van der Waals surface area (Å²) in [5.41, 5.74) is 3.91. The molecule has 0 saturated heterocycles. The van der Waals surface area contributed by atoms with E-state index in [0.717, 1.165) is 40.0 Å². The molecule has 1 heterocycles. The second-order valence-corrected chi connectivity index (χ2v) is 6.05. The predicted molar refractivity (Wildman–Crippen MR) is 86.9 cm³/mol. The van der Waals surface area contributed by atoms with E-state index in [1.54, 1.807) is 7.11 Å². The molecule has 2 nitrogen and oxygen atoms in total. The lowest BCUT2D eigenvalue weighted by molar-refractivity contribution is 0.343. The highest BCUT2D eigenvalue weighted by Crippen LogP contribution is 2.35. The molecule has 0 amide bonds. The summed E-state index contributed by atoms with van der Waals surface area (Å²) in [6, 6.07) is 11.6. The molecule has 0 fully saturated rings. The van der Waals surface area contributed by atoms with E-state index < -0.39 is 6.17 Å². The van der Waals surface area contributed by atoms with Crippen molar-refractivity contribution < 1.29 is 9.13 Å². The molecule has 1 aliphatic rings. The number of para-hydroxylation sites is 1. The highest BCUT2D eigenvalue weighted by Gasteiger charge is 2.20. The van der Waals surface area contributed by atoms with Crippen molar-refractivity contribution in [2.45, 2.75) is 19.0 Å². The Bertz CT molecular complexity index is 659. The first-order valence-corrected chi connectivity index (χ1v) is 7.80. The molecule has 1 aliphatic heterocycles. The van der Waals surface area contributed by atoms with Crippen LogP contribution in [0.25, 0.3) is 0 Å². The van der Waals surface area contributed by atoms with Gasteiger partial charge in [0.2, 0.25) is 0 Å². The smallest absolute Gasteiger partial charge is 0.133 e. The van der Waals surface area contributed by atoms with Crippen LogP contribution in [0.5, 0.6) is 5.75 Å². The van der Waals surface area contributed by atoms with Crippen molar-refractivity contribution in [1.29, 1.82) is 0 Å². The highest BCUT2D eigenvalue weighted by atomic mass is 79.9. The molecule has 110 valence electrons. The minimum atomic E-state index is -1.01. The average Bonchev–Trinajstić information content (AvgIpc) is 2.95. The van der Waals surface area contributed by atoms with Crippen molar-refractivity contribution in [3.63, 3.8) is 0 Å². The van der Waals surface area contributed by atoms with E-state index in [1.807, 2.05) is 30.3 Å². The van der Waals surface area contributed by atoms with Crippen LogP contribution in [0.1, 0.15) is 22.9 Å². The maximum absolute atomic E-state index is 14.7. The number of rotatable bonds is 4. The minimum absolute atomic E-state index is 0.362. The molecule has 0 radical (unpaired) electrons. The summed E-state index contributed by atoms with van der Waals surface area (Å²) in [6.45, 7) is 0.896. The number of halogens is 2. The molecule has 1 atom stereocenters. The van der Waals surface area contributed by atoms with E-state index in [-0.39, 0.29) is 0 Å². The van der Waals surface area contributed by atoms with Gasteiger partial charge in [0.1, 0.15) is 11.9 Å². The summed E-state index contributed by atoms with van der Waals surface area (Å²) in [6.07, 6.45) is 0.330. The monoisotopic (exact) mass is 349 g/mol. The number of fused-ring (bicyclic) bond motifs is 1. The number of hydrogen-bond acceptors (Lipinski definition) is 2. The van der Waals surface area contributed by atoms with Crippen LogP contribution in [0.2, 0.25) is 0 Å². The van der Waals surface area contributed by atoms with E-state index >= 15 is 0 Å². The molecule has 0 aliphatic carbocycles. The Morgan fingerprint density at radius 3 is 2.95 bits per heavy atom. The molecule has 2 aromatic carbocycles. The Labute approximate surface area is 132 Å². The number of benzene rings is 2. The Balaban J connectivity index is 1.82. The zero-order valence-electron chi connectivity index (χ0n) is 11.8. The molecule has 0 spiro atoms. The third kappa shape index (κ3) is 2.91. The molecular weight excluding hydrogens is 333 g/mol. The third-order valence-electron chi connectivity index (χ3n) is 3.85. The number of hydrogen-bond donors (Lipinski definition) is 1. The Morgan fingerprint density at radius 1 is 1.33 bits per heavy atom. The van der Waals surface area contributed by atoms with Crippen LogP contribution < -0.4 is 10.1 Å². The van der Waals surface area contributed by atoms with Crippen LogP contribution in [0.15, 0.2) is 40.9 Å². The van der Waals surface area contributed by atoms with Crippen molar-refractivity contribution in [3.8, 4) is 5.75 Å². The van der Waals surface area contributed by atoms with Crippen LogP contribution >= 0.6 is 15.9 Å². The Hall–Kier alpha value is -1.55. The van der Waals surface area contributed by atoms with Crippen molar-refractivity contribution in [3.05, 3.63) is 57.6 Å². The summed E-state index contributed by atoms with van der Waals surface area (Å²) in [7, 11) is 1.62. The first-order chi connectivity index (χ1) is 10.2. The van der Waals surface area contributed by atoms with Gasteiger partial charge in [0, 0.05) is 24.2 Å². The van der Waals surface area contributed by atoms with Crippen LogP contribution in [-0.4, -0.2) is 13.7 Å². The Morgan fingerprint density at radius 2 is 2.19 bits per heavy atom. The fourth-order valence-corrected chi connectivity index (χ4v) is 3.37. The van der Waals surface area contributed by atoms with Gasteiger partial charge in [-0.25, -0.2) is 4.39 Å². The molecule has 0 aromatic heterocycles. The summed E-state index contributed by atoms with van der Waals surface area (Å²) in [5, 5.41) is 3.30. The van der Waals surface area contributed by atoms with Gasteiger partial charge in [-0.2, -0.15) is 0 Å². The van der Waals surface area contributed by atoms with Crippen LogP contribution in [0.4, 0.5) is 10.1 Å². The second kappa shape index (κ2) is 6.06. The predicted octanol–water partition coefficient (Wildman–Crippen LogP) is 4.68. The standard InChI is InChI=1S/C17H17BrFNO/c1-21-16-6-5-11(9-14(16)18)10-15(19)13-4-2-3-12-7-8-20-17(12)13/h2-6,9,15,20H,7-8,10H2,1H3. The van der Waals surface area contributed by atoms with Gasteiger partial charge < -0.3 is 10.1 Å². The number of methoxy groups -OCH3 is 1. The second-order valence-electron chi connectivity index (χ2n) is 5.20. The number of nitrogens with one attached hydrogen (secondary N) is 1. The van der Waals surface area contributed by atoms with E-state index in [4.69, 9.17) is 4.74 Å². The highest BCUT2D eigenvalue weighted by molar-refractivity contribution is 9.10. The van der Waals surface area contributed by atoms with Crippen molar-refractivity contribution in [1.82, 2.24) is 0 Å². The maximum Gasteiger partial charge on any atom is 0.133 e. The normalized spacial score (nSPS) is 14.4. The van der Waals surface area contributed by atoms with E-state index in [0.29, 0.717) is 6.42 Å². The SMILES string of the molecule is COc1ccc(CC(F)c2cccc3c2NCC3)cc1Br. The fraction of sp³-hybridized carbons (Fsp3) is 0.294. The lowest BCUT2D eigenvalue weighted by Gasteiger charge is -2.14. The van der Waals surface area contributed by atoms with Crippen LogP contribution in [0.3, 0.4) is 0 Å². The molecule has 3 rings (SSSR count). The van der Waals surface area contributed by atoms with Crippen molar-refractivity contribution in [2.75, 3.05) is 19.0 Å². The summed E-state index contributed by atoms with van der Waals surface area (Å²) in [4.78, 5) is 0. The van der Waals surface area contributed by atoms with E-state index in [2.05, 4.69) is 27.3 Å². The van der Waals surface area contributed by atoms with Crippen molar-refractivity contribution >= 4 is 21.6 Å². The quantitative estimate of drug-likeness (QED) is 0.865. The molecule has 2 aromatic rings. The third-order valence-corrected chi connectivity index (χ3v) is 4.47. The van der Waals surface area contributed by atoms with Gasteiger partial charge in [-0.1, -0.05) is 24.3 Å². The maximum atomic E-state index is 14.7. The molecule has 21 heavy (non-hydrogen) atoms. The molecule has 0 bridgehead atoms. The first kappa shape index (κ1) is 14.4. The van der Waals surface area contributed by atoms with Gasteiger partial charge in [-0.3, -0.25) is 0 Å². The molecule has 4 heteroatoms. The Kier molecular flexibility index (Phi) is 4.15. The zero-order chi connectivity index (χ0) is 14.8. The van der Waals surface area contributed by atoms with Crippen molar-refractivity contribution in [2.24, 2.45) is 0 Å². The van der Waals surface area contributed by atoms with Crippen LogP contribution in [0, 0.1) is 0 Å². The lowest BCUT2D eigenvalue weighted by atomic mass is 9.99. The zero-order valence-corrected chi connectivity index (χ0v) is 13.4. The van der Waals surface area contributed by atoms with E-state index in [9.17, 15) is 4.39 Å². The summed E-state index contributed by atoms with van der Waals surface area (Å²) < 4.78 is 20.8. The molecule has 1 unspecified atom stereocenters. The first-order valence-electron chi connectivity index (χ1n) is 7.01. The van der Waals surface area contributed by atoms with Gasteiger partial charge in [-0.05, 0) is 45.6 Å². The topological polar surface area (TPSA) is 21.3 Å². The lowest BCUT2D eigenvalue weighted by Crippen LogP contribution is -2.02. The van der Waals surface area contributed by atoms with E-state index in [1.165, 1.54) is 5.56 Å². The fourth-order valence-electron chi connectivity index (χ4n) is 2.78. The minimum Gasteiger partial charge on any atom is -0.496 e. The molecule has 0 saturated carbocycles. The summed E-state index contributed by atoms with van der Waals surface area (Å²) in [5.74, 6) is 0.761. The van der Waals surface area contributed by atoms with Crippen LogP contribution in [-0.2, 0) is 12.8 Å². The number of alkyl halides is 1. The number of anilines is 1. The van der Waals surface area contributed by atoms with Gasteiger partial charge >= 0.3 is 0 Å². The van der Waals surface area contributed by atoms with Gasteiger partial charge in [-0.15, -0.1) is 0 Å². The number of ether oxygens (including phenoxy) is 1. The van der Waals surface area contributed by atoms with Gasteiger partial charge in [0.05, 0.1) is 11.6 Å².